The molecule has 1 saturated heterocycles. The third-order valence-corrected chi connectivity index (χ3v) is 12.9. The Balaban J connectivity index is 2.06. The quantitative estimate of drug-likeness (QED) is 0.210. The minimum Gasteiger partial charge on any atom is -0.410 e. The van der Waals surface area contributed by atoms with Gasteiger partial charge in [-0.3, -0.25) is 4.79 Å². The maximum absolute atomic E-state index is 15.2. The van der Waals surface area contributed by atoms with Crippen LogP contribution in [0, 0.1) is 23.6 Å². The molecule has 7 heteroatoms. The van der Waals surface area contributed by atoms with Crippen LogP contribution in [0.3, 0.4) is 0 Å². The molecule has 3 unspecified atom stereocenters. The summed E-state index contributed by atoms with van der Waals surface area (Å²) in [7, 11) is -2.11. The molecule has 208 valence electrons. The van der Waals surface area contributed by atoms with Crippen molar-refractivity contribution < 1.29 is 23.1 Å². The molecule has 4 nitrogen and oxygen atoms in total. The Morgan fingerprint density at radius 2 is 2.03 bits per heavy atom. The number of allylic oxidation sites excluding steroid dienone is 1. The molecule has 0 saturated carbocycles. The predicted molar refractivity (Wildman–Crippen MR) is 158 cm³/mol. The first kappa shape index (κ1) is 31.0. The zero-order valence-corrected chi connectivity index (χ0v) is 26.4. The molecule has 1 aromatic carbocycles. The maximum atomic E-state index is 15.2. The SMILES string of the molecule is CC#CCC(C)[C@@H](/C=C/C1=C(c2cccc(Br)c2F)C(=O)CC1OC1CCCCO1)O[Si](C)(C)C(C)(C)C. The zero-order valence-electron chi connectivity index (χ0n) is 23.8. The van der Waals surface area contributed by atoms with Crippen molar-refractivity contribution in [1.29, 1.82) is 0 Å². The van der Waals surface area contributed by atoms with Gasteiger partial charge in [-0.2, -0.15) is 0 Å². The van der Waals surface area contributed by atoms with Gasteiger partial charge >= 0.3 is 0 Å². The Labute approximate surface area is 237 Å². The van der Waals surface area contributed by atoms with Gasteiger partial charge in [-0.15, -0.1) is 11.8 Å². The van der Waals surface area contributed by atoms with Crippen LogP contribution < -0.4 is 0 Å². The molecule has 1 fully saturated rings. The van der Waals surface area contributed by atoms with Crippen LogP contribution in [0.1, 0.15) is 72.3 Å². The second-order valence-corrected chi connectivity index (χ2v) is 17.4. The van der Waals surface area contributed by atoms with Crippen LogP contribution in [0.4, 0.5) is 4.39 Å². The summed E-state index contributed by atoms with van der Waals surface area (Å²) >= 11 is 3.28. The number of carbonyl (C=O) groups is 1. The highest BCUT2D eigenvalue weighted by atomic mass is 79.9. The molecule has 4 atom stereocenters. The minimum absolute atomic E-state index is 0.0341. The summed E-state index contributed by atoms with van der Waals surface area (Å²) in [4.78, 5) is 13.3. The highest BCUT2D eigenvalue weighted by molar-refractivity contribution is 9.10. The van der Waals surface area contributed by atoms with Crippen LogP contribution in [0.2, 0.25) is 18.1 Å². The van der Waals surface area contributed by atoms with Crippen molar-refractivity contribution in [3.63, 3.8) is 0 Å². The number of ketones is 1. The van der Waals surface area contributed by atoms with E-state index in [1.165, 1.54) is 0 Å². The van der Waals surface area contributed by atoms with Gasteiger partial charge in [0.15, 0.2) is 20.4 Å². The van der Waals surface area contributed by atoms with E-state index in [9.17, 15) is 4.79 Å². The standard InChI is InChI=1S/C31H42BrFO4Si/c1-8-9-13-21(2)26(37-38(6,7)31(3,4)5)18-17-22-27(36-28-16-10-11-19-35-28)20-25(34)29(22)23-14-12-15-24(32)30(23)33/h12,14-15,17-18,21,26-28H,10-11,13,16,19-20H2,1-7H3/b18-17+/t21?,26-,27?,28?/m1/s1. The van der Waals surface area contributed by atoms with E-state index in [4.69, 9.17) is 13.9 Å². The van der Waals surface area contributed by atoms with Crippen molar-refractivity contribution in [3.05, 3.63) is 51.8 Å². The minimum atomic E-state index is -2.11. The number of hydrogen-bond donors (Lipinski definition) is 0. The molecule has 0 bridgehead atoms. The molecule has 1 heterocycles. The molecule has 0 radical (unpaired) electrons. The van der Waals surface area contributed by atoms with E-state index in [0.717, 1.165) is 19.3 Å². The van der Waals surface area contributed by atoms with Crippen molar-refractivity contribution >= 4 is 35.6 Å². The first-order chi connectivity index (χ1) is 17.9. The van der Waals surface area contributed by atoms with Crippen LogP contribution in [0.5, 0.6) is 0 Å². The van der Waals surface area contributed by atoms with E-state index >= 15 is 4.39 Å². The molecule has 3 rings (SSSR count). The van der Waals surface area contributed by atoms with E-state index in [2.05, 4.69) is 68.6 Å². The summed E-state index contributed by atoms with van der Waals surface area (Å²) < 4.78 is 34.6. The smallest absolute Gasteiger partial charge is 0.192 e. The molecular formula is C31H42BrFO4Si. The number of halogens is 2. The number of Topliss-reactive ketones (excluding diaryl/α,β-unsaturated/α-hetero) is 1. The summed E-state index contributed by atoms with van der Waals surface area (Å²) in [5.74, 6) is 5.74. The zero-order chi connectivity index (χ0) is 28.1. The molecule has 1 aliphatic heterocycles. The van der Waals surface area contributed by atoms with Crippen molar-refractivity contribution in [2.45, 2.75) is 103 Å². The summed E-state index contributed by atoms with van der Waals surface area (Å²) in [5.41, 5.74) is 1.33. The molecule has 0 spiro atoms. The molecule has 1 aliphatic carbocycles. The third kappa shape index (κ3) is 7.54. The maximum Gasteiger partial charge on any atom is 0.192 e. The third-order valence-electron chi connectivity index (χ3n) is 7.82. The monoisotopic (exact) mass is 604 g/mol. The molecule has 0 N–H and O–H groups in total. The number of rotatable bonds is 9. The molecule has 2 aliphatic rings. The summed E-state index contributed by atoms with van der Waals surface area (Å²) in [6.45, 7) is 15.8. The van der Waals surface area contributed by atoms with Crippen molar-refractivity contribution in [3.8, 4) is 11.8 Å². The molecule has 1 aromatic rings. The fourth-order valence-corrected chi connectivity index (χ4v) is 6.17. The van der Waals surface area contributed by atoms with E-state index in [1.807, 2.05) is 19.1 Å². The Kier molecular flexibility index (Phi) is 10.8. The normalized spacial score (nSPS) is 22.5. The average Bonchev–Trinajstić information content (AvgIpc) is 3.15. The average molecular weight is 606 g/mol. The van der Waals surface area contributed by atoms with E-state index in [0.29, 0.717) is 28.6 Å². The Morgan fingerprint density at radius 3 is 2.66 bits per heavy atom. The van der Waals surface area contributed by atoms with Crippen molar-refractivity contribution in [1.82, 2.24) is 0 Å². The first-order valence-electron chi connectivity index (χ1n) is 13.6. The Bertz CT molecular complexity index is 1120. The topological polar surface area (TPSA) is 44.8 Å². The van der Waals surface area contributed by atoms with Gasteiger partial charge in [-0.05, 0) is 77.8 Å². The van der Waals surface area contributed by atoms with Gasteiger partial charge in [-0.1, -0.05) is 52.0 Å². The summed E-state index contributed by atoms with van der Waals surface area (Å²) in [5, 5.41) is 0.0341. The highest BCUT2D eigenvalue weighted by Gasteiger charge is 2.40. The molecule has 0 aromatic heterocycles. The summed E-state index contributed by atoms with van der Waals surface area (Å²) in [6.07, 6.45) is 6.55. The Morgan fingerprint density at radius 1 is 1.29 bits per heavy atom. The van der Waals surface area contributed by atoms with Crippen molar-refractivity contribution in [2.24, 2.45) is 5.92 Å². The first-order valence-corrected chi connectivity index (χ1v) is 17.3. The number of carbonyl (C=O) groups excluding carboxylic acids is 1. The summed E-state index contributed by atoms with van der Waals surface area (Å²) in [6, 6.07) is 5.04. The van der Waals surface area contributed by atoms with Gasteiger partial charge in [0.05, 0.1) is 16.7 Å². The Hall–Kier alpha value is -1.56. The lowest BCUT2D eigenvalue weighted by molar-refractivity contribution is -0.179. The highest BCUT2D eigenvalue weighted by Crippen LogP contribution is 2.40. The van der Waals surface area contributed by atoms with Gasteiger partial charge < -0.3 is 13.9 Å². The van der Waals surface area contributed by atoms with Crippen LogP contribution in [0.25, 0.3) is 5.57 Å². The largest absolute Gasteiger partial charge is 0.410 e. The van der Waals surface area contributed by atoms with E-state index in [-0.39, 0.29) is 41.1 Å². The van der Waals surface area contributed by atoms with Crippen molar-refractivity contribution in [2.75, 3.05) is 6.61 Å². The lowest BCUT2D eigenvalue weighted by Crippen LogP contribution is -2.45. The van der Waals surface area contributed by atoms with Gasteiger partial charge in [0, 0.05) is 30.6 Å². The molecule has 38 heavy (non-hydrogen) atoms. The fourth-order valence-electron chi connectivity index (χ4n) is 4.46. The predicted octanol–water partition coefficient (Wildman–Crippen LogP) is 8.22. The van der Waals surface area contributed by atoms with Gasteiger partial charge in [0.2, 0.25) is 0 Å². The van der Waals surface area contributed by atoms with Crippen LogP contribution in [-0.2, 0) is 18.7 Å². The fraction of sp³-hybridized carbons (Fsp3) is 0.581. The van der Waals surface area contributed by atoms with Gasteiger partial charge in [0.25, 0.3) is 0 Å². The number of ether oxygens (including phenoxy) is 2. The number of hydrogen-bond acceptors (Lipinski definition) is 4. The number of benzene rings is 1. The molecular weight excluding hydrogens is 563 g/mol. The van der Waals surface area contributed by atoms with Gasteiger partial charge in [-0.25, -0.2) is 4.39 Å². The van der Waals surface area contributed by atoms with E-state index < -0.39 is 20.2 Å². The second kappa shape index (κ2) is 13.2. The second-order valence-electron chi connectivity index (χ2n) is 11.8. The van der Waals surface area contributed by atoms with Gasteiger partial charge in [0.1, 0.15) is 5.82 Å². The molecule has 0 amide bonds. The van der Waals surface area contributed by atoms with Crippen LogP contribution in [-0.4, -0.2) is 39.2 Å². The van der Waals surface area contributed by atoms with Crippen LogP contribution in [0.15, 0.2) is 40.4 Å². The van der Waals surface area contributed by atoms with E-state index in [1.54, 1.807) is 18.2 Å². The lowest BCUT2D eigenvalue weighted by atomic mass is 9.97. The van der Waals surface area contributed by atoms with Crippen LogP contribution >= 0.6 is 15.9 Å². The lowest BCUT2D eigenvalue weighted by Gasteiger charge is -2.40.